The lowest BCUT2D eigenvalue weighted by molar-refractivity contribution is -0.0503. The fourth-order valence-corrected chi connectivity index (χ4v) is 1.79. The van der Waals surface area contributed by atoms with E-state index < -0.39 is 35.7 Å². The number of benzene rings is 1. The van der Waals surface area contributed by atoms with Crippen LogP contribution >= 0.6 is 15.9 Å². The molecule has 1 aromatic carbocycles. The summed E-state index contributed by atoms with van der Waals surface area (Å²) in [6.45, 7) is -2.18. The summed E-state index contributed by atoms with van der Waals surface area (Å²) in [6.07, 6.45) is -2.95. The number of ether oxygens (including phenoxy) is 1. The zero-order valence-corrected chi connectivity index (χ0v) is 10.1. The van der Waals surface area contributed by atoms with Gasteiger partial charge in [0.1, 0.15) is 5.75 Å². The fourth-order valence-electron chi connectivity index (χ4n) is 1.34. The summed E-state index contributed by atoms with van der Waals surface area (Å²) in [4.78, 5) is 11.2. The van der Waals surface area contributed by atoms with E-state index in [1.165, 1.54) is 0 Å². The molecule has 0 unspecified atom stereocenters. The average molecular weight is 315 g/mol. The Hall–Kier alpha value is -1.11. The summed E-state index contributed by atoms with van der Waals surface area (Å²) in [5.41, 5.74) is -1.16. The zero-order chi connectivity index (χ0) is 13.2. The van der Waals surface area contributed by atoms with Crippen LogP contribution in [0.4, 0.5) is 17.6 Å². The molecule has 0 aliphatic heterocycles. The van der Waals surface area contributed by atoms with Crippen molar-refractivity contribution in [3.63, 3.8) is 0 Å². The summed E-state index contributed by atoms with van der Waals surface area (Å²) in [6, 6.07) is 2.05. The average Bonchev–Trinajstić information content (AvgIpc) is 2.14. The van der Waals surface area contributed by atoms with E-state index in [2.05, 4.69) is 20.7 Å². The molecule has 0 N–H and O–H groups in total. The topological polar surface area (TPSA) is 26.3 Å². The molecule has 7 heteroatoms. The van der Waals surface area contributed by atoms with Gasteiger partial charge in [-0.2, -0.15) is 8.78 Å². The van der Waals surface area contributed by atoms with Gasteiger partial charge >= 0.3 is 6.61 Å². The van der Waals surface area contributed by atoms with Gasteiger partial charge < -0.3 is 4.74 Å². The summed E-state index contributed by atoms with van der Waals surface area (Å²) in [5, 5.41) is 0. The third-order valence-corrected chi connectivity index (χ3v) is 2.36. The molecule has 0 saturated carbocycles. The quantitative estimate of drug-likeness (QED) is 0.615. The Balaban J connectivity index is 3.40. The van der Waals surface area contributed by atoms with Gasteiger partial charge in [0.25, 0.3) is 6.43 Å². The van der Waals surface area contributed by atoms with E-state index >= 15 is 0 Å². The Morgan fingerprint density at radius 2 is 1.88 bits per heavy atom. The molecular formula is C10H7BrF4O2. The molecule has 0 radical (unpaired) electrons. The largest absolute Gasteiger partial charge is 0.434 e. The highest BCUT2D eigenvalue weighted by atomic mass is 79.9. The second-order valence-electron chi connectivity index (χ2n) is 3.10. The van der Waals surface area contributed by atoms with E-state index in [0.717, 1.165) is 19.1 Å². The Morgan fingerprint density at radius 3 is 2.29 bits per heavy atom. The van der Waals surface area contributed by atoms with Crippen molar-refractivity contribution in [3.05, 3.63) is 27.7 Å². The molecule has 0 aliphatic carbocycles. The molecule has 94 valence electrons. The summed E-state index contributed by atoms with van der Waals surface area (Å²) in [5.74, 6) is -1.32. The van der Waals surface area contributed by atoms with Crippen LogP contribution in [-0.2, 0) is 0 Å². The van der Waals surface area contributed by atoms with Gasteiger partial charge in [0.15, 0.2) is 5.78 Å². The number of rotatable bonds is 4. The molecule has 0 bridgehead atoms. The first-order chi connectivity index (χ1) is 7.82. The Morgan fingerprint density at radius 1 is 1.29 bits per heavy atom. The Bertz CT molecular complexity index is 435. The van der Waals surface area contributed by atoms with Gasteiger partial charge in [-0.05, 0) is 19.1 Å². The van der Waals surface area contributed by atoms with Crippen molar-refractivity contribution < 1.29 is 27.1 Å². The predicted molar refractivity (Wildman–Crippen MR) is 55.7 cm³/mol. The predicted octanol–water partition coefficient (Wildman–Crippen LogP) is 4.19. The second kappa shape index (κ2) is 5.48. The highest BCUT2D eigenvalue weighted by Crippen LogP contribution is 2.34. The first-order valence-corrected chi connectivity index (χ1v) is 5.19. The number of Topliss-reactive ketones (excluding diaryl/α,β-unsaturated/α-hetero) is 1. The number of halogens is 5. The lowest BCUT2D eigenvalue weighted by Gasteiger charge is -2.13. The van der Waals surface area contributed by atoms with Crippen LogP contribution in [0.25, 0.3) is 0 Å². The number of ketones is 1. The smallest absolute Gasteiger partial charge is 0.387 e. The van der Waals surface area contributed by atoms with Crippen LogP contribution in [0.2, 0.25) is 0 Å². The van der Waals surface area contributed by atoms with E-state index in [1.54, 1.807) is 0 Å². The molecule has 0 saturated heterocycles. The molecule has 0 fully saturated rings. The van der Waals surface area contributed by atoms with Gasteiger partial charge in [-0.15, -0.1) is 0 Å². The normalized spacial score (nSPS) is 11.1. The minimum Gasteiger partial charge on any atom is -0.434 e. The summed E-state index contributed by atoms with van der Waals surface area (Å²) in [7, 11) is 0. The summed E-state index contributed by atoms with van der Waals surface area (Å²) < 4.78 is 53.7. The number of carbonyl (C=O) groups excluding carboxylic acids is 1. The molecule has 1 rings (SSSR count). The lowest BCUT2D eigenvalue weighted by Crippen LogP contribution is -2.09. The van der Waals surface area contributed by atoms with Crippen molar-refractivity contribution >= 4 is 21.7 Å². The molecule has 2 nitrogen and oxygen atoms in total. The first kappa shape index (κ1) is 14.0. The highest BCUT2D eigenvalue weighted by molar-refractivity contribution is 9.10. The molecule has 0 atom stereocenters. The minimum atomic E-state index is -3.19. The van der Waals surface area contributed by atoms with Gasteiger partial charge in [0.05, 0.1) is 5.56 Å². The van der Waals surface area contributed by atoms with Crippen molar-refractivity contribution in [2.45, 2.75) is 20.0 Å². The molecular weight excluding hydrogens is 308 g/mol. The monoisotopic (exact) mass is 314 g/mol. The van der Waals surface area contributed by atoms with Crippen molar-refractivity contribution in [2.24, 2.45) is 0 Å². The molecule has 0 aromatic heterocycles. The third-order valence-electron chi connectivity index (χ3n) is 1.90. The van der Waals surface area contributed by atoms with Gasteiger partial charge in [-0.1, -0.05) is 15.9 Å². The van der Waals surface area contributed by atoms with Crippen LogP contribution in [-0.4, -0.2) is 12.4 Å². The molecule has 17 heavy (non-hydrogen) atoms. The maximum absolute atomic E-state index is 12.7. The van der Waals surface area contributed by atoms with Crippen LogP contribution in [0.5, 0.6) is 5.75 Å². The van der Waals surface area contributed by atoms with Gasteiger partial charge in [0, 0.05) is 10.0 Å². The number of hydrogen-bond donors (Lipinski definition) is 0. The number of alkyl halides is 4. The van der Waals surface area contributed by atoms with Crippen LogP contribution in [0.15, 0.2) is 16.6 Å². The Kier molecular flexibility index (Phi) is 4.50. The minimum absolute atomic E-state index is 0.133. The zero-order valence-electron chi connectivity index (χ0n) is 8.52. The van der Waals surface area contributed by atoms with Gasteiger partial charge in [-0.3, -0.25) is 4.79 Å². The van der Waals surface area contributed by atoms with Gasteiger partial charge in [-0.25, -0.2) is 8.78 Å². The molecule has 0 spiro atoms. The second-order valence-corrected chi connectivity index (χ2v) is 4.02. The van der Waals surface area contributed by atoms with E-state index in [4.69, 9.17) is 0 Å². The Labute approximate surface area is 103 Å². The summed E-state index contributed by atoms with van der Waals surface area (Å²) >= 11 is 2.88. The molecule has 1 aromatic rings. The van der Waals surface area contributed by atoms with Crippen LogP contribution in [0.3, 0.4) is 0 Å². The number of hydrogen-bond acceptors (Lipinski definition) is 2. The molecule has 0 aliphatic rings. The van der Waals surface area contributed by atoms with Crippen LogP contribution in [0, 0.1) is 0 Å². The lowest BCUT2D eigenvalue weighted by atomic mass is 10.0. The first-order valence-electron chi connectivity index (χ1n) is 4.40. The van der Waals surface area contributed by atoms with Crippen molar-refractivity contribution in [3.8, 4) is 5.75 Å². The van der Waals surface area contributed by atoms with E-state index in [1.807, 2.05) is 0 Å². The third kappa shape index (κ3) is 3.42. The van der Waals surface area contributed by atoms with Crippen molar-refractivity contribution in [2.75, 3.05) is 0 Å². The molecule has 0 heterocycles. The highest BCUT2D eigenvalue weighted by Gasteiger charge is 2.23. The molecule has 0 amide bonds. The standard InChI is InChI=1S/C10H7BrF4O2/c1-4(16)8-6(9(12)13)2-5(11)3-7(8)17-10(14)15/h2-3,9-10H,1H3. The van der Waals surface area contributed by atoms with E-state index in [0.29, 0.717) is 0 Å². The van der Waals surface area contributed by atoms with Crippen LogP contribution < -0.4 is 4.74 Å². The number of carbonyl (C=O) groups is 1. The van der Waals surface area contributed by atoms with E-state index in [9.17, 15) is 22.4 Å². The van der Waals surface area contributed by atoms with Crippen molar-refractivity contribution in [1.29, 1.82) is 0 Å². The van der Waals surface area contributed by atoms with Gasteiger partial charge in [0.2, 0.25) is 0 Å². The van der Waals surface area contributed by atoms with Crippen LogP contribution in [0.1, 0.15) is 29.3 Å². The SMILES string of the molecule is CC(=O)c1c(OC(F)F)cc(Br)cc1C(F)F. The maximum atomic E-state index is 12.7. The van der Waals surface area contributed by atoms with E-state index in [-0.39, 0.29) is 4.47 Å². The fraction of sp³-hybridized carbons (Fsp3) is 0.300. The van der Waals surface area contributed by atoms with Crippen molar-refractivity contribution in [1.82, 2.24) is 0 Å². The maximum Gasteiger partial charge on any atom is 0.387 e.